The molecule has 0 aliphatic heterocycles. The van der Waals surface area contributed by atoms with E-state index in [1.165, 1.54) is 24.3 Å². The Morgan fingerprint density at radius 2 is 1.85 bits per heavy atom. The van der Waals surface area contributed by atoms with Crippen LogP contribution >= 0.6 is 23.2 Å². The minimum Gasteiger partial charge on any atom is -0.435 e. The van der Waals surface area contributed by atoms with Crippen LogP contribution in [0, 0.1) is 0 Å². The van der Waals surface area contributed by atoms with Gasteiger partial charge in [0.15, 0.2) is 0 Å². The van der Waals surface area contributed by atoms with Crippen LogP contribution in [0.2, 0.25) is 10.0 Å². The van der Waals surface area contributed by atoms with Crippen molar-refractivity contribution in [2.24, 2.45) is 0 Å². The summed E-state index contributed by atoms with van der Waals surface area (Å²) in [5.74, 6) is -0.279. The zero-order valence-electron chi connectivity index (χ0n) is 14.3. The average molecular weight is 419 g/mol. The van der Waals surface area contributed by atoms with Crippen molar-refractivity contribution in [1.82, 2.24) is 4.90 Å². The number of carbonyl (C=O) groups excluding carboxylic acids is 1. The quantitative estimate of drug-likeness (QED) is 0.674. The number of alkyl halides is 2. The highest BCUT2D eigenvalue weighted by molar-refractivity contribution is 6.42. The third-order valence-corrected chi connectivity index (χ3v) is 4.33. The van der Waals surface area contributed by atoms with E-state index in [9.17, 15) is 18.7 Å². The molecule has 2 aromatic carbocycles. The van der Waals surface area contributed by atoms with Gasteiger partial charge in [-0.3, -0.25) is 9.69 Å². The number of ether oxygens (including phenoxy) is 1. The molecule has 0 aliphatic carbocycles. The van der Waals surface area contributed by atoms with E-state index in [2.05, 4.69) is 10.1 Å². The molecule has 27 heavy (non-hydrogen) atoms. The molecule has 0 saturated carbocycles. The lowest BCUT2D eigenvalue weighted by Gasteiger charge is -2.20. The van der Waals surface area contributed by atoms with Crippen molar-refractivity contribution in [2.45, 2.75) is 12.7 Å². The zero-order valence-corrected chi connectivity index (χ0v) is 15.8. The van der Waals surface area contributed by atoms with E-state index in [0.29, 0.717) is 21.3 Å². The Morgan fingerprint density at radius 3 is 2.44 bits per heavy atom. The Morgan fingerprint density at radius 1 is 1.19 bits per heavy atom. The van der Waals surface area contributed by atoms with E-state index in [-0.39, 0.29) is 24.7 Å². The second kappa shape index (κ2) is 9.85. The summed E-state index contributed by atoms with van der Waals surface area (Å²) < 4.78 is 28.5. The minimum absolute atomic E-state index is 0.00954. The van der Waals surface area contributed by atoms with Gasteiger partial charge in [-0.15, -0.1) is 0 Å². The maximum absolute atomic E-state index is 12.1. The number of halogens is 4. The van der Waals surface area contributed by atoms with Crippen molar-refractivity contribution in [2.75, 3.05) is 25.5 Å². The first-order chi connectivity index (χ1) is 12.7. The highest BCUT2D eigenvalue weighted by atomic mass is 35.5. The fourth-order valence-corrected chi connectivity index (χ4v) is 2.65. The lowest BCUT2D eigenvalue weighted by atomic mass is 10.1. The number of amides is 1. The minimum atomic E-state index is -2.90. The fourth-order valence-electron chi connectivity index (χ4n) is 2.36. The standard InChI is InChI=1S/C18H18Cl2F2N2O3/c1-24(10-17(26)23-12-4-7-14(19)15(20)8-12)9-16(25)11-2-5-13(6-3-11)27-18(21)22/h2-8,16,18,25H,9-10H2,1H3,(H,23,26). The van der Waals surface area contributed by atoms with Gasteiger partial charge in [0.05, 0.1) is 22.7 Å². The molecule has 0 fully saturated rings. The molecule has 1 amide bonds. The summed E-state index contributed by atoms with van der Waals surface area (Å²) in [7, 11) is 1.67. The molecule has 146 valence electrons. The van der Waals surface area contributed by atoms with Gasteiger partial charge >= 0.3 is 6.61 Å². The number of hydrogen-bond acceptors (Lipinski definition) is 4. The maximum atomic E-state index is 12.1. The first-order valence-corrected chi connectivity index (χ1v) is 8.66. The van der Waals surface area contributed by atoms with Crippen LogP contribution in [-0.2, 0) is 4.79 Å². The summed E-state index contributed by atoms with van der Waals surface area (Å²) in [5, 5.41) is 13.6. The highest BCUT2D eigenvalue weighted by Gasteiger charge is 2.14. The Hall–Kier alpha value is -1.93. The lowest BCUT2D eigenvalue weighted by molar-refractivity contribution is -0.117. The lowest BCUT2D eigenvalue weighted by Crippen LogP contribution is -2.33. The summed E-state index contributed by atoms with van der Waals surface area (Å²) in [6.07, 6.45) is -0.895. The van der Waals surface area contributed by atoms with Crippen LogP contribution in [0.15, 0.2) is 42.5 Å². The first-order valence-electron chi connectivity index (χ1n) is 7.91. The monoisotopic (exact) mass is 418 g/mol. The van der Waals surface area contributed by atoms with Crippen LogP contribution in [0.3, 0.4) is 0 Å². The van der Waals surface area contributed by atoms with Crippen molar-refractivity contribution < 1.29 is 23.4 Å². The van der Waals surface area contributed by atoms with Crippen LogP contribution in [0.1, 0.15) is 11.7 Å². The van der Waals surface area contributed by atoms with Crippen molar-refractivity contribution in [3.05, 3.63) is 58.1 Å². The van der Waals surface area contributed by atoms with Crippen molar-refractivity contribution in [3.8, 4) is 5.75 Å². The molecule has 0 spiro atoms. The predicted octanol–water partition coefficient (Wildman–Crippen LogP) is 4.20. The normalized spacial score (nSPS) is 12.3. The Labute approximate surface area is 165 Å². The van der Waals surface area contributed by atoms with Gasteiger partial charge in [0.2, 0.25) is 5.91 Å². The fraction of sp³-hybridized carbons (Fsp3) is 0.278. The summed E-state index contributed by atoms with van der Waals surface area (Å²) >= 11 is 11.7. The number of anilines is 1. The number of aliphatic hydroxyl groups excluding tert-OH is 1. The van der Waals surface area contributed by atoms with Crippen LogP contribution in [0.5, 0.6) is 5.75 Å². The van der Waals surface area contributed by atoms with E-state index in [1.54, 1.807) is 30.1 Å². The molecule has 2 aromatic rings. The Bertz CT molecular complexity index is 776. The summed E-state index contributed by atoms with van der Waals surface area (Å²) in [5.41, 5.74) is 1.03. The van der Waals surface area contributed by atoms with E-state index in [1.807, 2.05) is 0 Å². The molecule has 0 aromatic heterocycles. The third-order valence-electron chi connectivity index (χ3n) is 3.59. The van der Waals surface area contributed by atoms with Gasteiger partial charge in [-0.2, -0.15) is 8.78 Å². The van der Waals surface area contributed by atoms with Gasteiger partial charge in [0, 0.05) is 12.2 Å². The smallest absolute Gasteiger partial charge is 0.387 e. The number of carbonyl (C=O) groups is 1. The van der Waals surface area contributed by atoms with Crippen LogP contribution in [0.4, 0.5) is 14.5 Å². The topological polar surface area (TPSA) is 61.8 Å². The second-order valence-electron chi connectivity index (χ2n) is 5.84. The van der Waals surface area contributed by atoms with Crippen LogP contribution in [0.25, 0.3) is 0 Å². The molecule has 2 N–H and O–H groups in total. The predicted molar refractivity (Wildman–Crippen MR) is 101 cm³/mol. The number of likely N-dealkylation sites (N-methyl/N-ethyl adjacent to an activating group) is 1. The SMILES string of the molecule is CN(CC(=O)Nc1ccc(Cl)c(Cl)c1)CC(O)c1ccc(OC(F)F)cc1. The van der Waals surface area contributed by atoms with Crippen molar-refractivity contribution in [3.63, 3.8) is 0 Å². The molecule has 0 heterocycles. The van der Waals surface area contributed by atoms with Gasteiger partial charge in [-0.05, 0) is 42.9 Å². The van der Waals surface area contributed by atoms with E-state index >= 15 is 0 Å². The Balaban J connectivity index is 1.85. The molecule has 0 bridgehead atoms. The molecular weight excluding hydrogens is 401 g/mol. The molecule has 1 atom stereocenters. The molecule has 2 rings (SSSR count). The van der Waals surface area contributed by atoms with Gasteiger partial charge in [0.1, 0.15) is 5.75 Å². The number of aliphatic hydroxyl groups is 1. The van der Waals surface area contributed by atoms with E-state index < -0.39 is 12.7 Å². The molecule has 0 aliphatic rings. The van der Waals surface area contributed by atoms with Crippen LogP contribution < -0.4 is 10.1 Å². The number of benzene rings is 2. The number of nitrogens with zero attached hydrogens (tertiary/aromatic N) is 1. The largest absolute Gasteiger partial charge is 0.435 e. The van der Waals surface area contributed by atoms with Gasteiger partial charge < -0.3 is 15.2 Å². The highest BCUT2D eigenvalue weighted by Crippen LogP contribution is 2.25. The maximum Gasteiger partial charge on any atom is 0.387 e. The van der Waals surface area contributed by atoms with Crippen LogP contribution in [-0.4, -0.2) is 42.7 Å². The molecule has 0 radical (unpaired) electrons. The second-order valence-corrected chi connectivity index (χ2v) is 6.65. The number of nitrogens with one attached hydrogen (secondary N) is 1. The molecular formula is C18H18Cl2F2N2O3. The third kappa shape index (κ3) is 6.95. The van der Waals surface area contributed by atoms with Gasteiger partial charge in [0.25, 0.3) is 0 Å². The van der Waals surface area contributed by atoms with E-state index in [4.69, 9.17) is 23.2 Å². The van der Waals surface area contributed by atoms with Crippen molar-refractivity contribution in [1.29, 1.82) is 0 Å². The van der Waals surface area contributed by atoms with E-state index in [0.717, 1.165) is 0 Å². The van der Waals surface area contributed by atoms with Gasteiger partial charge in [-0.1, -0.05) is 35.3 Å². The van der Waals surface area contributed by atoms with Gasteiger partial charge in [-0.25, -0.2) is 0 Å². The average Bonchev–Trinajstić information content (AvgIpc) is 2.58. The molecule has 9 heteroatoms. The summed E-state index contributed by atoms with van der Waals surface area (Å²) in [6.45, 7) is -2.70. The summed E-state index contributed by atoms with van der Waals surface area (Å²) in [6, 6.07) is 10.4. The summed E-state index contributed by atoms with van der Waals surface area (Å²) in [4.78, 5) is 13.7. The molecule has 1 unspecified atom stereocenters. The first kappa shape index (κ1) is 21.4. The Kier molecular flexibility index (Phi) is 7.79. The molecule has 0 saturated heterocycles. The van der Waals surface area contributed by atoms with Crippen molar-refractivity contribution >= 4 is 34.8 Å². The number of hydrogen-bond donors (Lipinski definition) is 2. The zero-order chi connectivity index (χ0) is 20.0. The molecule has 5 nitrogen and oxygen atoms in total. The number of rotatable bonds is 8.